The molecule has 1 unspecified atom stereocenters. The quantitative estimate of drug-likeness (QED) is 0.506. The molecule has 1 N–H and O–H groups in total. The molecule has 0 bridgehead atoms. The summed E-state index contributed by atoms with van der Waals surface area (Å²) < 4.78 is 8.17. The topological polar surface area (TPSA) is 73.0 Å². The monoisotopic (exact) mass is 448 g/mol. The van der Waals surface area contributed by atoms with Gasteiger partial charge in [0.1, 0.15) is 5.76 Å². The molecule has 0 aliphatic heterocycles. The normalized spacial score (nSPS) is 12.1. The van der Waals surface area contributed by atoms with E-state index < -0.39 is 0 Å². The maximum absolute atomic E-state index is 12.6. The number of hydrogen-bond acceptors (Lipinski definition) is 5. The van der Waals surface area contributed by atoms with Gasteiger partial charge in [0.05, 0.1) is 17.1 Å². The highest BCUT2D eigenvalue weighted by molar-refractivity contribution is 9.10. The van der Waals surface area contributed by atoms with E-state index in [9.17, 15) is 4.79 Å². The summed E-state index contributed by atoms with van der Waals surface area (Å²) in [7, 11) is 0. The SMILES string of the molecule is CCC(Sc1ncc(-c2ccc(Br)cc2)n1CC)C(=O)Nc1cc(C)on1. The zero-order valence-electron chi connectivity index (χ0n) is 15.4. The molecule has 6 nitrogen and oxygen atoms in total. The van der Waals surface area contributed by atoms with Gasteiger partial charge >= 0.3 is 0 Å². The molecular formula is C19H21BrN4O2S. The Labute approximate surface area is 170 Å². The van der Waals surface area contributed by atoms with E-state index >= 15 is 0 Å². The smallest absolute Gasteiger partial charge is 0.239 e. The van der Waals surface area contributed by atoms with Crippen LogP contribution < -0.4 is 5.32 Å². The third-order valence-electron chi connectivity index (χ3n) is 4.07. The van der Waals surface area contributed by atoms with Crippen LogP contribution in [0.4, 0.5) is 5.82 Å². The number of aryl methyl sites for hydroxylation is 1. The second-order valence-electron chi connectivity index (χ2n) is 6.00. The maximum atomic E-state index is 12.6. The number of nitrogens with zero attached hydrogens (tertiary/aromatic N) is 3. The molecule has 0 aliphatic rings. The van der Waals surface area contributed by atoms with E-state index in [2.05, 4.69) is 55.0 Å². The lowest BCUT2D eigenvalue weighted by molar-refractivity contribution is -0.115. The summed E-state index contributed by atoms with van der Waals surface area (Å²) in [5.41, 5.74) is 2.13. The first-order chi connectivity index (χ1) is 13.0. The second-order valence-corrected chi connectivity index (χ2v) is 8.09. The lowest BCUT2D eigenvalue weighted by Crippen LogP contribution is -2.25. The predicted octanol–water partition coefficient (Wildman–Crippen LogP) is 5.14. The third kappa shape index (κ3) is 4.62. The lowest BCUT2D eigenvalue weighted by Gasteiger charge is -2.15. The summed E-state index contributed by atoms with van der Waals surface area (Å²) in [5.74, 6) is 0.990. The van der Waals surface area contributed by atoms with Crippen molar-refractivity contribution in [3.63, 3.8) is 0 Å². The Balaban J connectivity index is 1.78. The van der Waals surface area contributed by atoms with Gasteiger partial charge in [0.15, 0.2) is 11.0 Å². The highest BCUT2D eigenvalue weighted by Gasteiger charge is 2.22. The molecule has 142 valence electrons. The molecule has 1 atom stereocenters. The number of carbonyl (C=O) groups is 1. The molecule has 1 amide bonds. The van der Waals surface area contributed by atoms with Gasteiger partial charge in [-0.05, 0) is 38.0 Å². The summed E-state index contributed by atoms with van der Waals surface area (Å²) in [4.78, 5) is 17.2. The van der Waals surface area contributed by atoms with Crippen molar-refractivity contribution in [2.75, 3.05) is 5.32 Å². The molecule has 8 heteroatoms. The maximum Gasteiger partial charge on any atom is 0.239 e. The van der Waals surface area contributed by atoms with Gasteiger partial charge in [-0.15, -0.1) is 0 Å². The molecule has 2 aromatic heterocycles. The average molecular weight is 449 g/mol. The van der Waals surface area contributed by atoms with Crippen LogP contribution in [0.15, 0.2) is 50.7 Å². The minimum Gasteiger partial charge on any atom is -0.360 e. The van der Waals surface area contributed by atoms with Crippen molar-refractivity contribution in [1.29, 1.82) is 0 Å². The van der Waals surface area contributed by atoms with Crippen molar-refractivity contribution in [1.82, 2.24) is 14.7 Å². The Morgan fingerprint density at radius 1 is 1.33 bits per heavy atom. The van der Waals surface area contributed by atoms with Crippen LogP contribution in [0.5, 0.6) is 0 Å². The van der Waals surface area contributed by atoms with Crippen molar-refractivity contribution in [2.45, 2.75) is 44.1 Å². The van der Waals surface area contributed by atoms with Crippen LogP contribution in [-0.2, 0) is 11.3 Å². The van der Waals surface area contributed by atoms with E-state index in [1.54, 1.807) is 13.0 Å². The van der Waals surface area contributed by atoms with Gasteiger partial charge in [0, 0.05) is 17.1 Å². The Hall–Kier alpha value is -2.06. The number of anilines is 1. The van der Waals surface area contributed by atoms with E-state index in [-0.39, 0.29) is 11.2 Å². The van der Waals surface area contributed by atoms with Crippen molar-refractivity contribution in [3.8, 4) is 11.3 Å². The summed E-state index contributed by atoms with van der Waals surface area (Å²) in [5, 5.41) is 7.19. The van der Waals surface area contributed by atoms with Crippen LogP contribution in [0.3, 0.4) is 0 Å². The molecule has 0 spiro atoms. The summed E-state index contributed by atoms with van der Waals surface area (Å²) in [6.45, 7) is 6.62. The van der Waals surface area contributed by atoms with Gasteiger partial charge in [-0.2, -0.15) is 0 Å². The lowest BCUT2D eigenvalue weighted by atomic mass is 10.2. The summed E-state index contributed by atoms with van der Waals surface area (Å²) in [6.07, 6.45) is 2.54. The number of aromatic nitrogens is 3. The molecule has 0 aliphatic carbocycles. The molecule has 0 saturated heterocycles. The Morgan fingerprint density at radius 3 is 2.67 bits per heavy atom. The molecule has 2 heterocycles. The number of nitrogens with one attached hydrogen (secondary N) is 1. The van der Waals surface area contributed by atoms with E-state index in [4.69, 9.17) is 4.52 Å². The highest BCUT2D eigenvalue weighted by Crippen LogP contribution is 2.30. The summed E-state index contributed by atoms with van der Waals surface area (Å²) in [6, 6.07) is 9.83. The number of hydrogen-bond donors (Lipinski definition) is 1. The van der Waals surface area contributed by atoms with Crippen LogP contribution in [0, 0.1) is 6.92 Å². The van der Waals surface area contributed by atoms with Crippen LogP contribution in [0.2, 0.25) is 0 Å². The average Bonchev–Trinajstić information content (AvgIpc) is 3.25. The van der Waals surface area contributed by atoms with Crippen molar-refractivity contribution in [2.24, 2.45) is 0 Å². The van der Waals surface area contributed by atoms with Crippen LogP contribution in [0.25, 0.3) is 11.3 Å². The Bertz CT molecular complexity index is 920. The third-order valence-corrected chi connectivity index (χ3v) is 5.96. The number of amides is 1. The first-order valence-electron chi connectivity index (χ1n) is 8.74. The van der Waals surface area contributed by atoms with Gasteiger partial charge in [0.2, 0.25) is 5.91 Å². The van der Waals surface area contributed by atoms with Gasteiger partial charge < -0.3 is 14.4 Å². The fourth-order valence-corrected chi connectivity index (χ4v) is 4.01. The number of carbonyl (C=O) groups excluding carboxylic acids is 1. The van der Waals surface area contributed by atoms with Gasteiger partial charge in [-0.25, -0.2) is 4.98 Å². The summed E-state index contributed by atoms with van der Waals surface area (Å²) >= 11 is 4.93. The van der Waals surface area contributed by atoms with Gasteiger partial charge in [-0.1, -0.05) is 51.9 Å². The van der Waals surface area contributed by atoms with E-state index in [1.807, 2.05) is 25.3 Å². The standard InChI is InChI=1S/C19H21BrN4O2S/c1-4-16(18(25)22-17-10-12(3)26-23-17)27-19-21-11-15(24(19)5-2)13-6-8-14(20)9-7-13/h6-11,16H,4-5H2,1-3H3,(H,22,23,25). The van der Waals surface area contributed by atoms with E-state index in [0.717, 1.165) is 27.4 Å². The molecule has 3 rings (SSSR count). The number of rotatable bonds is 7. The van der Waals surface area contributed by atoms with Gasteiger partial charge in [0.25, 0.3) is 0 Å². The Kier molecular flexibility index (Phi) is 6.38. The molecule has 27 heavy (non-hydrogen) atoms. The molecule has 0 saturated carbocycles. The predicted molar refractivity (Wildman–Crippen MR) is 111 cm³/mol. The number of benzene rings is 1. The fourth-order valence-electron chi connectivity index (χ4n) is 2.69. The zero-order chi connectivity index (χ0) is 19.4. The van der Waals surface area contributed by atoms with Crippen molar-refractivity contribution in [3.05, 3.63) is 46.8 Å². The van der Waals surface area contributed by atoms with Crippen molar-refractivity contribution < 1.29 is 9.32 Å². The minimum atomic E-state index is -0.271. The minimum absolute atomic E-state index is 0.105. The molecule has 1 aromatic carbocycles. The van der Waals surface area contributed by atoms with Gasteiger partial charge in [-0.3, -0.25) is 4.79 Å². The molecular weight excluding hydrogens is 428 g/mol. The number of halogens is 1. The first kappa shape index (κ1) is 19.7. The highest BCUT2D eigenvalue weighted by atomic mass is 79.9. The Morgan fingerprint density at radius 2 is 2.07 bits per heavy atom. The van der Waals surface area contributed by atoms with E-state index in [0.29, 0.717) is 18.0 Å². The first-order valence-corrected chi connectivity index (χ1v) is 10.4. The second kappa shape index (κ2) is 8.75. The van der Waals surface area contributed by atoms with Crippen LogP contribution >= 0.6 is 27.7 Å². The van der Waals surface area contributed by atoms with E-state index in [1.165, 1.54) is 11.8 Å². The van der Waals surface area contributed by atoms with Crippen LogP contribution in [-0.4, -0.2) is 25.9 Å². The molecule has 3 aromatic rings. The number of imidazole rings is 1. The van der Waals surface area contributed by atoms with Crippen LogP contribution in [0.1, 0.15) is 26.0 Å². The fraction of sp³-hybridized carbons (Fsp3) is 0.316. The number of thioether (sulfide) groups is 1. The van der Waals surface area contributed by atoms with Crippen molar-refractivity contribution >= 4 is 39.4 Å². The zero-order valence-corrected chi connectivity index (χ0v) is 17.8. The molecule has 0 fully saturated rings. The largest absolute Gasteiger partial charge is 0.360 e. The molecule has 0 radical (unpaired) electrons.